The Kier molecular flexibility index (Phi) is 9.19. The van der Waals surface area contributed by atoms with Crippen LogP contribution in [0.15, 0.2) is 53.5 Å². The van der Waals surface area contributed by atoms with Crippen molar-refractivity contribution in [3.8, 4) is 11.5 Å². The van der Waals surface area contributed by atoms with E-state index in [1.165, 1.54) is 24.3 Å². The van der Waals surface area contributed by atoms with E-state index in [1.54, 1.807) is 12.1 Å². The lowest BCUT2D eigenvalue weighted by atomic mass is 10.1. The molecule has 0 unspecified atom stereocenters. The van der Waals surface area contributed by atoms with Crippen molar-refractivity contribution in [2.45, 2.75) is 25.7 Å². The predicted octanol–water partition coefficient (Wildman–Crippen LogP) is 3.95. The fraction of sp³-hybridized carbons (Fsp3) is 0.278. The Bertz CT molecular complexity index is 720. The minimum absolute atomic E-state index is 0. The SMILES string of the molecule is I.NC(=NCc1ccc(OC(F)(F)F)cc1)NCCCc1ccc(O)cc1. The fourth-order valence-corrected chi connectivity index (χ4v) is 2.20. The van der Waals surface area contributed by atoms with Crippen molar-refractivity contribution in [2.75, 3.05) is 6.54 Å². The molecule has 0 amide bonds. The van der Waals surface area contributed by atoms with Gasteiger partial charge in [0.1, 0.15) is 11.5 Å². The first-order chi connectivity index (χ1) is 12.3. The molecule has 0 aromatic heterocycles. The number of guanidine groups is 1. The zero-order chi connectivity index (χ0) is 19.0. The van der Waals surface area contributed by atoms with Crippen molar-refractivity contribution in [3.63, 3.8) is 0 Å². The van der Waals surface area contributed by atoms with Crippen LogP contribution in [-0.4, -0.2) is 24.0 Å². The lowest BCUT2D eigenvalue weighted by Gasteiger charge is -2.09. The number of nitrogens with one attached hydrogen (secondary N) is 1. The highest BCUT2D eigenvalue weighted by atomic mass is 127. The topological polar surface area (TPSA) is 79.9 Å². The number of aromatic hydroxyl groups is 1. The van der Waals surface area contributed by atoms with Crippen LogP contribution in [0.4, 0.5) is 13.2 Å². The highest BCUT2D eigenvalue weighted by Crippen LogP contribution is 2.22. The van der Waals surface area contributed by atoms with Gasteiger partial charge in [-0.2, -0.15) is 0 Å². The molecular formula is C18H21F3IN3O2. The van der Waals surface area contributed by atoms with Crippen LogP contribution >= 0.6 is 24.0 Å². The summed E-state index contributed by atoms with van der Waals surface area (Å²) in [6.45, 7) is 0.887. The van der Waals surface area contributed by atoms with Crippen LogP contribution < -0.4 is 15.8 Å². The first-order valence-corrected chi connectivity index (χ1v) is 7.98. The summed E-state index contributed by atoms with van der Waals surface area (Å²) in [5, 5.41) is 12.2. The average molecular weight is 495 g/mol. The molecule has 0 spiro atoms. The fourth-order valence-electron chi connectivity index (χ4n) is 2.20. The number of halogens is 4. The van der Waals surface area contributed by atoms with Crippen LogP contribution in [-0.2, 0) is 13.0 Å². The normalized spacial score (nSPS) is 11.6. The monoisotopic (exact) mass is 495 g/mol. The van der Waals surface area contributed by atoms with Crippen LogP contribution in [0.3, 0.4) is 0 Å². The average Bonchev–Trinajstić information content (AvgIpc) is 2.58. The zero-order valence-electron chi connectivity index (χ0n) is 14.4. The second-order valence-electron chi connectivity index (χ2n) is 5.59. The maximum atomic E-state index is 12.1. The molecule has 4 N–H and O–H groups in total. The van der Waals surface area contributed by atoms with Gasteiger partial charge in [0.15, 0.2) is 5.96 Å². The van der Waals surface area contributed by atoms with Gasteiger partial charge >= 0.3 is 6.36 Å². The molecule has 0 radical (unpaired) electrons. The number of nitrogens with two attached hydrogens (primary N) is 1. The molecule has 2 aromatic rings. The van der Waals surface area contributed by atoms with E-state index in [9.17, 15) is 18.3 Å². The van der Waals surface area contributed by atoms with E-state index in [-0.39, 0.29) is 48.0 Å². The van der Waals surface area contributed by atoms with Gasteiger partial charge in [0.05, 0.1) is 6.54 Å². The van der Waals surface area contributed by atoms with Gasteiger partial charge in [-0.15, -0.1) is 37.1 Å². The first-order valence-electron chi connectivity index (χ1n) is 7.98. The number of rotatable bonds is 7. The molecule has 2 rings (SSSR count). The molecule has 148 valence electrons. The number of ether oxygens (including phenoxy) is 1. The number of benzene rings is 2. The number of alkyl halides is 3. The maximum Gasteiger partial charge on any atom is 0.573 e. The Balaban J connectivity index is 0.00000364. The molecule has 9 heteroatoms. The van der Waals surface area contributed by atoms with E-state index >= 15 is 0 Å². The molecule has 0 heterocycles. The highest BCUT2D eigenvalue weighted by Gasteiger charge is 2.30. The van der Waals surface area contributed by atoms with Gasteiger partial charge in [-0.1, -0.05) is 24.3 Å². The number of aryl methyl sites for hydroxylation is 1. The Morgan fingerprint density at radius 2 is 1.63 bits per heavy atom. The summed E-state index contributed by atoms with van der Waals surface area (Å²) < 4.78 is 40.1. The third-order valence-corrected chi connectivity index (χ3v) is 3.47. The smallest absolute Gasteiger partial charge is 0.508 e. The summed E-state index contributed by atoms with van der Waals surface area (Å²) in [6.07, 6.45) is -3.03. The molecule has 0 atom stereocenters. The number of nitrogens with zero attached hydrogens (tertiary/aromatic N) is 1. The number of hydrogen-bond donors (Lipinski definition) is 3. The third-order valence-electron chi connectivity index (χ3n) is 3.47. The van der Waals surface area contributed by atoms with Gasteiger partial charge in [-0.05, 0) is 48.2 Å². The van der Waals surface area contributed by atoms with Gasteiger partial charge in [0.2, 0.25) is 0 Å². The standard InChI is InChI=1S/C18H20F3N3O2.HI/c19-18(20,21)26-16-9-5-14(6-10-16)12-24-17(22)23-11-1-2-13-3-7-15(25)8-4-13;/h3-10,25H,1-2,11-12H2,(H3,22,23,24);1H. The minimum Gasteiger partial charge on any atom is -0.508 e. The van der Waals surface area contributed by atoms with Crippen molar-refractivity contribution in [2.24, 2.45) is 10.7 Å². The number of phenolic OH excluding ortho intramolecular Hbond substituents is 1. The van der Waals surface area contributed by atoms with Gasteiger partial charge in [0.25, 0.3) is 0 Å². The van der Waals surface area contributed by atoms with Crippen molar-refractivity contribution >= 4 is 29.9 Å². The van der Waals surface area contributed by atoms with Crippen LogP contribution in [0.25, 0.3) is 0 Å². The lowest BCUT2D eigenvalue weighted by Crippen LogP contribution is -2.32. The molecule has 0 fully saturated rings. The van der Waals surface area contributed by atoms with E-state index in [4.69, 9.17) is 5.73 Å². The summed E-state index contributed by atoms with van der Waals surface area (Å²) in [5.41, 5.74) is 7.59. The molecule has 5 nitrogen and oxygen atoms in total. The van der Waals surface area contributed by atoms with Crippen molar-refractivity contribution < 1.29 is 23.0 Å². The Morgan fingerprint density at radius 3 is 2.22 bits per heavy atom. The molecule has 0 saturated carbocycles. The summed E-state index contributed by atoms with van der Waals surface area (Å²) in [6, 6.07) is 12.5. The quantitative estimate of drug-likeness (QED) is 0.235. The molecule has 0 aliphatic carbocycles. The first kappa shape index (κ1) is 22.9. The van der Waals surface area contributed by atoms with E-state index in [1.807, 2.05) is 12.1 Å². The van der Waals surface area contributed by atoms with Gasteiger partial charge in [-0.3, -0.25) is 0 Å². The summed E-state index contributed by atoms with van der Waals surface area (Å²) >= 11 is 0. The van der Waals surface area contributed by atoms with Gasteiger partial charge < -0.3 is 20.9 Å². The Hall–Kier alpha value is -2.17. The molecule has 0 saturated heterocycles. The third kappa shape index (κ3) is 9.36. The number of hydrogen-bond acceptors (Lipinski definition) is 3. The Morgan fingerprint density at radius 1 is 1.04 bits per heavy atom. The van der Waals surface area contributed by atoms with Crippen molar-refractivity contribution in [1.29, 1.82) is 0 Å². The van der Waals surface area contributed by atoms with Crippen LogP contribution in [0.5, 0.6) is 11.5 Å². The predicted molar refractivity (Wildman–Crippen MR) is 108 cm³/mol. The van der Waals surface area contributed by atoms with Crippen molar-refractivity contribution in [3.05, 3.63) is 59.7 Å². The second-order valence-corrected chi connectivity index (χ2v) is 5.59. The summed E-state index contributed by atoms with van der Waals surface area (Å²) in [7, 11) is 0. The van der Waals surface area contributed by atoms with E-state index in [0.29, 0.717) is 12.1 Å². The van der Waals surface area contributed by atoms with Crippen molar-refractivity contribution in [1.82, 2.24) is 5.32 Å². The molecule has 0 bridgehead atoms. The molecule has 0 aliphatic heterocycles. The van der Waals surface area contributed by atoms with Crippen LogP contribution in [0.1, 0.15) is 17.5 Å². The van der Waals surface area contributed by atoms with E-state index < -0.39 is 6.36 Å². The maximum absolute atomic E-state index is 12.1. The largest absolute Gasteiger partial charge is 0.573 e. The second kappa shape index (κ2) is 10.9. The lowest BCUT2D eigenvalue weighted by molar-refractivity contribution is -0.274. The highest BCUT2D eigenvalue weighted by molar-refractivity contribution is 14.0. The van der Waals surface area contributed by atoms with E-state index in [2.05, 4.69) is 15.0 Å². The molecular weight excluding hydrogens is 474 g/mol. The minimum atomic E-state index is -4.70. The summed E-state index contributed by atoms with van der Waals surface area (Å²) in [5.74, 6) is 0.234. The molecule has 0 aliphatic rings. The summed E-state index contributed by atoms with van der Waals surface area (Å²) in [4.78, 5) is 4.14. The molecule has 27 heavy (non-hydrogen) atoms. The zero-order valence-corrected chi connectivity index (χ0v) is 16.7. The molecule has 2 aromatic carbocycles. The van der Waals surface area contributed by atoms with E-state index in [0.717, 1.165) is 18.4 Å². The van der Waals surface area contributed by atoms with Crippen LogP contribution in [0.2, 0.25) is 0 Å². The number of phenols is 1. The number of aliphatic imine (C=N–C) groups is 1. The van der Waals surface area contributed by atoms with Gasteiger partial charge in [-0.25, -0.2) is 4.99 Å². The Labute approximate surface area is 172 Å². The van der Waals surface area contributed by atoms with Gasteiger partial charge in [0, 0.05) is 6.54 Å². The van der Waals surface area contributed by atoms with Crippen LogP contribution in [0, 0.1) is 0 Å².